The molecule has 4 aromatic rings. The number of nitro groups is 1. The summed E-state index contributed by atoms with van der Waals surface area (Å²) in [6.45, 7) is 1.66. The average molecular weight is 552 g/mol. The summed E-state index contributed by atoms with van der Waals surface area (Å²) in [5.74, 6) is 0.309. The average Bonchev–Trinajstić information content (AvgIpc) is 3.31. The van der Waals surface area contributed by atoms with Crippen molar-refractivity contribution in [3.05, 3.63) is 93.2 Å². The lowest BCUT2D eigenvalue weighted by molar-refractivity contribution is -0.384. The molecule has 0 atom stereocenters. The molecular formula is C23H18BrN7O3S. The normalized spacial score (nSPS) is 11.3. The van der Waals surface area contributed by atoms with Crippen molar-refractivity contribution in [2.75, 3.05) is 5.75 Å². The number of non-ortho nitro benzene ring substituents is 1. The zero-order valence-electron chi connectivity index (χ0n) is 18.3. The van der Waals surface area contributed by atoms with Gasteiger partial charge >= 0.3 is 0 Å². The molecule has 0 aliphatic heterocycles. The highest BCUT2D eigenvalue weighted by atomic mass is 79.9. The van der Waals surface area contributed by atoms with Gasteiger partial charge in [0.15, 0.2) is 11.0 Å². The molecule has 0 fully saturated rings. The molecule has 0 saturated carbocycles. The number of hydrogen-bond acceptors (Lipinski definition) is 8. The van der Waals surface area contributed by atoms with Crippen LogP contribution in [-0.4, -0.2) is 42.0 Å². The molecule has 0 aliphatic carbocycles. The summed E-state index contributed by atoms with van der Waals surface area (Å²) in [6, 6.07) is 17.4. The van der Waals surface area contributed by atoms with Crippen molar-refractivity contribution in [1.82, 2.24) is 25.2 Å². The van der Waals surface area contributed by atoms with Crippen LogP contribution in [0, 0.1) is 10.1 Å². The van der Waals surface area contributed by atoms with E-state index in [-0.39, 0.29) is 17.3 Å². The third kappa shape index (κ3) is 5.97. The molecule has 2 heterocycles. The van der Waals surface area contributed by atoms with Crippen molar-refractivity contribution in [3.8, 4) is 17.1 Å². The minimum Gasteiger partial charge on any atom is -0.272 e. The Balaban J connectivity index is 1.50. The van der Waals surface area contributed by atoms with Crippen LogP contribution in [0.1, 0.15) is 12.5 Å². The number of carbonyl (C=O) groups is 1. The second-order valence-electron chi connectivity index (χ2n) is 7.18. The lowest BCUT2D eigenvalue weighted by Crippen LogP contribution is -2.21. The molecule has 35 heavy (non-hydrogen) atoms. The summed E-state index contributed by atoms with van der Waals surface area (Å²) in [5.41, 5.74) is 5.12. The fourth-order valence-electron chi connectivity index (χ4n) is 3.09. The number of pyridine rings is 1. The number of hydrazone groups is 1. The van der Waals surface area contributed by atoms with Crippen LogP contribution in [-0.2, 0) is 4.79 Å². The van der Waals surface area contributed by atoms with Gasteiger partial charge in [-0.25, -0.2) is 5.43 Å². The molecular weight excluding hydrogens is 534 g/mol. The van der Waals surface area contributed by atoms with Gasteiger partial charge in [-0.3, -0.25) is 24.5 Å². The van der Waals surface area contributed by atoms with Crippen LogP contribution in [0.5, 0.6) is 0 Å². The minimum absolute atomic E-state index is 0.0384. The van der Waals surface area contributed by atoms with Crippen molar-refractivity contribution < 1.29 is 9.72 Å². The summed E-state index contributed by atoms with van der Waals surface area (Å²) >= 11 is 4.66. The van der Waals surface area contributed by atoms with E-state index < -0.39 is 4.92 Å². The van der Waals surface area contributed by atoms with E-state index in [0.29, 0.717) is 22.3 Å². The van der Waals surface area contributed by atoms with Crippen molar-refractivity contribution in [2.24, 2.45) is 5.10 Å². The second kappa shape index (κ2) is 11.0. The van der Waals surface area contributed by atoms with Crippen molar-refractivity contribution in [1.29, 1.82) is 0 Å². The van der Waals surface area contributed by atoms with Gasteiger partial charge in [-0.05, 0) is 43.3 Å². The number of thioether (sulfide) groups is 1. The quantitative estimate of drug-likeness (QED) is 0.146. The SMILES string of the molecule is C/C(=N/NC(=O)CSc1nnc(-c2ccncc2)n1-c1ccc(Br)cc1)c1cccc([N+](=O)[O-])c1. The number of halogens is 1. The van der Waals surface area contributed by atoms with Gasteiger partial charge in [-0.2, -0.15) is 5.10 Å². The van der Waals surface area contributed by atoms with Crippen LogP contribution < -0.4 is 5.43 Å². The molecule has 0 saturated heterocycles. The number of benzene rings is 2. The Morgan fingerprint density at radius 2 is 1.89 bits per heavy atom. The first kappa shape index (κ1) is 24.2. The predicted octanol–water partition coefficient (Wildman–Crippen LogP) is 4.63. The Hall–Kier alpha value is -3.90. The Morgan fingerprint density at radius 1 is 1.14 bits per heavy atom. The summed E-state index contributed by atoms with van der Waals surface area (Å²) in [7, 11) is 0. The molecule has 0 radical (unpaired) electrons. The molecule has 10 nitrogen and oxygen atoms in total. The van der Waals surface area contributed by atoms with Gasteiger partial charge in [0.05, 0.1) is 16.4 Å². The van der Waals surface area contributed by atoms with E-state index in [1.54, 1.807) is 31.5 Å². The highest BCUT2D eigenvalue weighted by molar-refractivity contribution is 9.10. The lowest BCUT2D eigenvalue weighted by Gasteiger charge is -2.10. The van der Waals surface area contributed by atoms with Crippen molar-refractivity contribution in [2.45, 2.75) is 12.1 Å². The third-order valence-electron chi connectivity index (χ3n) is 4.81. The maximum Gasteiger partial charge on any atom is 0.270 e. The maximum absolute atomic E-state index is 12.5. The predicted molar refractivity (Wildman–Crippen MR) is 136 cm³/mol. The maximum atomic E-state index is 12.5. The smallest absolute Gasteiger partial charge is 0.270 e. The first-order valence-corrected chi connectivity index (χ1v) is 12.0. The monoisotopic (exact) mass is 551 g/mol. The van der Waals surface area contributed by atoms with E-state index in [1.165, 1.54) is 23.9 Å². The van der Waals surface area contributed by atoms with Gasteiger partial charge in [-0.15, -0.1) is 10.2 Å². The Labute approximate surface area is 212 Å². The number of nitrogens with zero attached hydrogens (tertiary/aromatic N) is 6. The van der Waals surface area contributed by atoms with E-state index in [1.807, 2.05) is 41.0 Å². The zero-order chi connectivity index (χ0) is 24.8. The Morgan fingerprint density at radius 3 is 2.60 bits per heavy atom. The van der Waals surface area contributed by atoms with Crippen LogP contribution in [0.4, 0.5) is 5.69 Å². The largest absolute Gasteiger partial charge is 0.272 e. The molecule has 0 spiro atoms. The Bertz CT molecular complexity index is 1390. The van der Waals surface area contributed by atoms with Gasteiger partial charge in [-0.1, -0.05) is 39.8 Å². The molecule has 176 valence electrons. The summed E-state index contributed by atoms with van der Waals surface area (Å²) in [4.78, 5) is 27.0. The van der Waals surface area contributed by atoms with Crippen LogP contribution in [0.15, 0.2) is 87.8 Å². The van der Waals surface area contributed by atoms with E-state index in [9.17, 15) is 14.9 Å². The first-order chi connectivity index (χ1) is 16.9. The van der Waals surface area contributed by atoms with Crippen LogP contribution in [0.25, 0.3) is 17.1 Å². The number of nitro benzene ring substituents is 1. The van der Waals surface area contributed by atoms with Gasteiger partial charge in [0.25, 0.3) is 11.6 Å². The van der Waals surface area contributed by atoms with Crippen LogP contribution >= 0.6 is 27.7 Å². The molecule has 12 heteroatoms. The Kier molecular flexibility index (Phi) is 7.63. The topological polar surface area (TPSA) is 128 Å². The van der Waals surface area contributed by atoms with Crippen molar-refractivity contribution >= 4 is 45.0 Å². The molecule has 1 amide bonds. The summed E-state index contributed by atoms with van der Waals surface area (Å²) in [5, 5.41) is 24.2. The minimum atomic E-state index is -0.478. The highest BCUT2D eigenvalue weighted by Crippen LogP contribution is 2.28. The number of aromatic nitrogens is 4. The standard InChI is InChI=1S/C23H18BrN7O3S/c1-15(17-3-2-4-20(13-17)31(33)34)26-27-21(32)14-35-23-29-28-22(16-9-11-25-12-10-16)30(23)19-7-5-18(24)6-8-19/h2-13H,14H2,1H3,(H,27,32)/b26-15-. The summed E-state index contributed by atoms with van der Waals surface area (Å²) in [6.07, 6.45) is 3.36. The molecule has 2 aromatic carbocycles. The van der Waals surface area contributed by atoms with Crippen molar-refractivity contribution in [3.63, 3.8) is 0 Å². The van der Waals surface area contributed by atoms with Crippen LogP contribution in [0.2, 0.25) is 0 Å². The number of amides is 1. The lowest BCUT2D eigenvalue weighted by atomic mass is 10.1. The molecule has 4 rings (SSSR count). The molecule has 2 aromatic heterocycles. The summed E-state index contributed by atoms with van der Waals surface area (Å²) < 4.78 is 2.81. The number of hydrogen-bond donors (Lipinski definition) is 1. The number of carbonyl (C=O) groups excluding carboxylic acids is 1. The van der Waals surface area contributed by atoms with Gasteiger partial charge in [0, 0.05) is 45.8 Å². The molecule has 1 N–H and O–H groups in total. The fraction of sp³-hybridized carbons (Fsp3) is 0.0870. The van der Waals surface area contributed by atoms with Gasteiger partial charge in [0.1, 0.15) is 0 Å². The van der Waals surface area contributed by atoms with Crippen LogP contribution in [0.3, 0.4) is 0 Å². The van der Waals surface area contributed by atoms with Gasteiger partial charge < -0.3 is 0 Å². The third-order valence-corrected chi connectivity index (χ3v) is 6.27. The van der Waals surface area contributed by atoms with Gasteiger partial charge in [0.2, 0.25) is 0 Å². The molecule has 0 bridgehead atoms. The fourth-order valence-corrected chi connectivity index (χ4v) is 4.10. The van der Waals surface area contributed by atoms with E-state index in [2.05, 4.69) is 41.6 Å². The highest BCUT2D eigenvalue weighted by Gasteiger charge is 2.17. The molecule has 0 aliphatic rings. The van der Waals surface area contributed by atoms with E-state index >= 15 is 0 Å². The number of nitrogens with one attached hydrogen (secondary N) is 1. The second-order valence-corrected chi connectivity index (χ2v) is 9.04. The zero-order valence-corrected chi connectivity index (χ0v) is 20.7. The number of rotatable bonds is 8. The van der Waals surface area contributed by atoms with E-state index in [0.717, 1.165) is 15.7 Å². The first-order valence-electron chi connectivity index (χ1n) is 10.2. The molecule has 0 unspecified atom stereocenters. The van der Waals surface area contributed by atoms with E-state index in [4.69, 9.17) is 0 Å².